The Morgan fingerprint density at radius 3 is 2.07 bits per heavy atom. The fraction of sp³-hybridized carbons (Fsp3) is 0.278. The Balaban J connectivity index is 1.56. The minimum absolute atomic E-state index is 0.0577. The molecule has 4 aromatic carbocycles. The number of hydrogen-bond donors (Lipinski definition) is 1. The lowest BCUT2D eigenvalue weighted by Gasteiger charge is -2.34. The van der Waals surface area contributed by atoms with Crippen LogP contribution in [0.15, 0.2) is 119 Å². The maximum atomic E-state index is 14.6. The van der Waals surface area contributed by atoms with E-state index in [0.717, 1.165) is 41.3 Å². The minimum Gasteiger partial charge on any atom is -0.352 e. The monoisotopic (exact) mass is 687 g/mol. The van der Waals surface area contributed by atoms with Crippen LogP contribution in [0.2, 0.25) is 0 Å². The van der Waals surface area contributed by atoms with Crippen molar-refractivity contribution in [2.24, 2.45) is 0 Å². The minimum atomic E-state index is -4.13. The summed E-state index contributed by atoms with van der Waals surface area (Å²) in [6, 6.07) is 31.6. The van der Waals surface area contributed by atoms with Crippen LogP contribution in [0, 0.1) is 6.92 Å². The van der Waals surface area contributed by atoms with Crippen LogP contribution in [0.3, 0.4) is 0 Å². The summed E-state index contributed by atoms with van der Waals surface area (Å²) in [7, 11) is -4.13. The third-order valence-corrected chi connectivity index (χ3v) is 10.5. The highest BCUT2D eigenvalue weighted by Crippen LogP contribution is 2.28. The molecule has 0 heterocycles. The summed E-state index contributed by atoms with van der Waals surface area (Å²) in [5.41, 5.74) is 2.86. The molecule has 5 rings (SSSR count). The molecular weight excluding hydrogens is 650 g/mol. The van der Waals surface area contributed by atoms with Gasteiger partial charge in [-0.3, -0.25) is 13.9 Å². The van der Waals surface area contributed by atoms with Crippen molar-refractivity contribution in [3.63, 3.8) is 0 Å². The molecule has 1 aliphatic carbocycles. The van der Waals surface area contributed by atoms with E-state index in [1.165, 1.54) is 16.4 Å². The van der Waals surface area contributed by atoms with Crippen LogP contribution in [-0.4, -0.2) is 43.8 Å². The second kappa shape index (κ2) is 14.9. The first-order valence-corrected chi connectivity index (χ1v) is 17.5. The van der Waals surface area contributed by atoms with Crippen LogP contribution in [0.25, 0.3) is 0 Å². The van der Waals surface area contributed by atoms with Gasteiger partial charge in [0.2, 0.25) is 11.8 Å². The second-order valence-electron chi connectivity index (χ2n) is 11.5. The van der Waals surface area contributed by atoms with Crippen molar-refractivity contribution < 1.29 is 18.0 Å². The predicted octanol–water partition coefficient (Wildman–Crippen LogP) is 6.65. The van der Waals surface area contributed by atoms with E-state index in [4.69, 9.17) is 0 Å². The van der Waals surface area contributed by atoms with Gasteiger partial charge in [0, 0.05) is 23.5 Å². The highest BCUT2D eigenvalue weighted by atomic mass is 79.9. The van der Waals surface area contributed by atoms with Crippen molar-refractivity contribution in [3.05, 3.63) is 130 Å². The molecule has 1 saturated carbocycles. The van der Waals surface area contributed by atoms with E-state index in [9.17, 15) is 18.0 Å². The third-order valence-electron chi connectivity index (χ3n) is 8.23. The van der Waals surface area contributed by atoms with Crippen molar-refractivity contribution >= 4 is 43.5 Å². The maximum absolute atomic E-state index is 14.6. The zero-order chi connectivity index (χ0) is 31.8. The molecule has 1 N–H and O–H groups in total. The maximum Gasteiger partial charge on any atom is 0.264 e. The van der Waals surface area contributed by atoms with E-state index in [1.807, 2.05) is 73.7 Å². The number of carbonyl (C=O) groups is 2. The summed E-state index contributed by atoms with van der Waals surface area (Å²) in [4.78, 5) is 30.3. The largest absolute Gasteiger partial charge is 0.352 e. The molecule has 0 spiro atoms. The predicted molar refractivity (Wildman–Crippen MR) is 181 cm³/mol. The number of rotatable bonds is 12. The smallest absolute Gasteiger partial charge is 0.264 e. The molecule has 1 fully saturated rings. The fourth-order valence-electron chi connectivity index (χ4n) is 5.78. The molecule has 0 aliphatic heterocycles. The molecule has 45 heavy (non-hydrogen) atoms. The lowest BCUT2D eigenvalue weighted by atomic mass is 10.0. The molecule has 0 saturated heterocycles. The van der Waals surface area contributed by atoms with E-state index in [0.29, 0.717) is 11.3 Å². The van der Waals surface area contributed by atoms with Gasteiger partial charge in [-0.2, -0.15) is 0 Å². The lowest BCUT2D eigenvalue weighted by molar-refractivity contribution is -0.140. The Kier molecular flexibility index (Phi) is 10.7. The normalized spacial score (nSPS) is 14.1. The molecule has 0 bridgehead atoms. The number of sulfonamides is 1. The Morgan fingerprint density at radius 2 is 1.42 bits per heavy atom. The van der Waals surface area contributed by atoms with E-state index in [2.05, 4.69) is 21.2 Å². The second-order valence-corrected chi connectivity index (χ2v) is 14.2. The van der Waals surface area contributed by atoms with Gasteiger partial charge in [0.25, 0.3) is 10.0 Å². The Morgan fingerprint density at radius 1 is 0.822 bits per heavy atom. The van der Waals surface area contributed by atoms with Gasteiger partial charge in [-0.25, -0.2) is 8.42 Å². The quantitative estimate of drug-likeness (QED) is 0.181. The Bertz CT molecular complexity index is 1690. The standard InChI is InChI=1S/C36H38BrN3O4S/c1-27-12-8-11-19-33(27)40(45(43,44)32-17-6-3-7-18-32)26-35(41)39(25-29-20-22-30(37)23-21-29)34(24-28-13-4-2-5-14-28)36(42)38-31-15-9-10-16-31/h2-8,11-14,17-23,31,34H,9-10,15-16,24-26H2,1H3,(H,38,42). The Hall–Kier alpha value is -3.95. The van der Waals surface area contributed by atoms with Gasteiger partial charge in [0.1, 0.15) is 12.6 Å². The number of aryl methyl sites for hydroxylation is 1. The zero-order valence-electron chi connectivity index (χ0n) is 25.3. The fourth-order valence-corrected chi connectivity index (χ4v) is 7.55. The van der Waals surface area contributed by atoms with Gasteiger partial charge in [-0.15, -0.1) is 0 Å². The number of nitrogens with one attached hydrogen (secondary N) is 1. The number of halogens is 1. The molecule has 7 nitrogen and oxygen atoms in total. The molecule has 0 radical (unpaired) electrons. The van der Waals surface area contributed by atoms with Crippen molar-refractivity contribution in [2.45, 2.75) is 62.6 Å². The molecule has 234 valence electrons. The van der Waals surface area contributed by atoms with Gasteiger partial charge in [0.15, 0.2) is 0 Å². The first kappa shape index (κ1) is 32.4. The van der Waals surface area contributed by atoms with Crippen LogP contribution in [0.4, 0.5) is 5.69 Å². The number of anilines is 1. The van der Waals surface area contributed by atoms with Gasteiger partial charge in [-0.1, -0.05) is 108 Å². The van der Waals surface area contributed by atoms with Crippen LogP contribution >= 0.6 is 15.9 Å². The molecule has 9 heteroatoms. The number of benzene rings is 4. The number of para-hydroxylation sites is 1. The van der Waals surface area contributed by atoms with Gasteiger partial charge in [-0.05, 0) is 66.8 Å². The van der Waals surface area contributed by atoms with E-state index < -0.39 is 28.5 Å². The van der Waals surface area contributed by atoms with Crippen molar-refractivity contribution in [1.29, 1.82) is 0 Å². The van der Waals surface area contributed by atoms with E-state index >= 15 is 0 Å². The molecule has 4 aromatic rings. The van der Waals surface area contributed by atoms with Crippen molar-refractivity contribution in [2.75, 3.05) is 10.8 Å². The number of amides is 2. The van der Waals surface area contributed by atoms with Crippen LogP contribution in [-0.2, 0) is 32.6 Å². The summed E-state index contributed by atoms with van der Waals surface area (Å²) in [6.45, 7) is 1.48. The van der Waals surface area contributed by atoms with Crippen LogP contribution in [0.5, 0.6) is 0 Å². The van der Waals surface area contributed by atoms with Gasteiger partial charge < -0.3 is 10.2 Å². The summed E-state index contributed by atoms with van der Waals surface area (Å²) in [5.74, 6) is -0.701. The Labute approximate surface area is 274 Å². The summed E-state index contributed by atoms with van der Waals surface area (Å²) >= 11 is 3.48. The SMILES string of the molecule is Cc1ccccc1N(CC(=O)N(Cc1ccc(Br)cc1)C(Cc1ccccc1)C(=O)NC1CCCC1)S(=O)(=O)c1ccccc1. The molecular formula is C36H38BrN3O4S. The zero-order valence-corrected chi connectivity index (χ0v) is 27.7. The van der Waals surface area contributed by atoms with Crippen LogP contribution < -0.4 is 9.62 Å². The molecule has 2 amide bonds. The van der Waals surface area contributed by atoms with Gasteiger partial charge in [0.05, 0.1) is 10.6 Å². The average molecular weight is 689 g/mol. The van der Waals surface area contributed by atoms with E-state index in [-0.39, 0.29) is 29.8 Å². The molecule has 1 aliphatic rings. The number of carbonyl (C=O) groups excluding carboxylic acids is 2. The van der Waals surface area contributed by atoms with Crippen LogP contribution in [0.1, 0.15) is 42.4 Å². The van der Waals surface area contributed by atoms with Gasteiger partial charge >= 0.3 is 0 Å². The number of nitrogens with zero attached hydrogens (tertiary/aromatic N) is 2. The van der Waals surface area contributed by atoms with Crippen molar-refractivity contribution in [3.8, 4) is 0 Å². The third kappa shape index (κ3) is 8.21. The highest BCUT2D eigenvalue weighted by Gasteiger charge is 2.35. The first-order chi connectivity index (χ1) is 21.7. The van der Waals surface area contributed by atoms with Crippen molar-refractivity contribution in [1.82, 2.24) is 10.2 Å². The lowest BCUT2D eigenvalue weighted by Crippen LogP contribution is -2.54. The average Bonchev–Trinajstić information content (AvgIpc) is 3.56. The molecule has 0 aromatic heterocycles. The molecule has 1 atom stereocenters. The highest BCUT2D eigenvalue weighted by molar-refractivity contribution is 9.10. The van der Waals surface area contributed by atoms with E-state index in [1.54, 1.807) is 35.2 Å². The summed E-state index contributed by atoms with van der Waals surface area (Å²) in [5, 5.41) is 3.21. The molecule has 1 unspecified atom stereocenters. The topological polar surface area (TPSA) is 86.8 Å². The number of hydrogen-bond acceptors (Lipinski definition) is 4. The summed E-state index contributed by atoms with van der Waals surface area (Å²) in [6.07, 6.45) is 4.20. The first-order valence-electron chi connectivity index (χ1n) is 15.2. The summed E-state index contributed by atoms with van der Waals surface area (Å²) < 4.78 is 30.3.